The number of hydrogen-bond donors (Lipinski definition) is 0. The molecule has 0 nitrogen and oxygen atoms in total. The number of unbranched alkanes of at least 4 members (excludes halogenated alkanes) is 6. The highest BCUT2D eigenvalue weighted by atomic mass is 14.0. The summed E-state index contributed by atoms with van der Waals surface area (Å²) < 4.78 is 0. The lowest BCUT2D eigenvalue weighted by Gasteiger charge is -2.01. The third-order valence-electron chi connectivity index (χ3n) is 5.84. The maximum absolute atomic E-state index is 2.30. The molecule has 0 aliphatic heterocycles. The van der Waals surface area contributed by atoms with Crippen molar-refractivity contribution < 1.29 is 0 Å². The topological polar surface area (TPSA) is 0 Å². The maximum atomic E-state index is 2.30. The monoisotopic (exact) mass is 501 g/mol. The Morgan fingerprint density at radius 2 is 0.571 bits per heavy atom. The molecule has 0 unspecified atom stereocenters. The Kier molecular flexibility index (Phi) is 52.8. The third-order valence-corrected chi connectivity index (χ3v) is 5.84. The molecule has 0 atom stereocenters. The fourth-order valence-electron chi connectivity index (χ4n) is 2.97. The minimum atomic E-state index is 0.884. The SMILES string of the molecule is CCC(C)C.CCCC(C)C.CCCCC(C)C.CCCCCC(C)C.CCCCCCC(C)C. The number of rotatable bonds is 15. The minimum Gasteiger partial charge on any atom is -0.0654 e. The van der Waals surface area contributed by atoms with Gasteiger partial charge in [0.15, 0.2) is 0 Å². The molecule has 220 valence electrons. The molecule has 0 N–H and O–H groups in total. The molecule has 0 saturated carbocycles. The van der Waals surface area contributed by atoms with E-state index in [1.165, 1.54) is 96.3 Å². The van der Waals surface area contributed by atoms with Gasteiger partial charge in [-0.1, -0.05) is 200 Å². The molecule has 35 heavy (non-hydrogen) atoms. The lowest BCUT2D eigenvalue weighted by atomic mass is 10.1. The first-order chi connectivity index (χ1) is 16.4. The second kappa shape index (κ2) is 41.1. The Hall–Kier alpha value is 0. The van der Waals surface area contributed by atoms with Crippen LogP contribution in [0.2, 0.25) is 0 Å². The Labute approximate surface area is 229 Å². The Balaban J connectivity index is -0.000000109. The van der Waals surface area contributed by atoms with E-state index in [1.807, 2.05) is 0 Å². The summed E-state index contributed by atoms with van der Waals surface area (Å²) in [6.45, 7) is 33.8. The molecule has 0 saturated heterocycles. The molecule has 0 aromatic rings. The molecule has 0 radical (unpaired) electrons. The molecule has 0 amide bonds. The molecular formula is C35H80. The van der Waals surface area contributed by atoms with Crippen LogP contribution in [0.4, 0.5) is 0 Å². The van der Waals surface area contributed by atoms with E-state index in [4.69, 9.17) is 0 Å². The van der Waals surface area contributed by atoms with E-state index in [9.17, 15) is 0 Å². The lowest BCUT2D eigenvalue weighted by molar-refractivity contribution is 0.525. The van der Waals surface area contributed by atoms with Crippen molar-refractivity contribution in [3.63, 3.8) is 0 Å². The van der Waals surface area contributed by atoms with E-state index in [2.05, 4.69) is 104 Å². The van der Waals surface area contributed by atoms with Gasteiger partial charge in [-0.25, -0.2) is 0 Å². The Morgan fingerprint density at radius 1 is 0.286 bits per heavy atom. The van der Waals surface area contributed by atoms with Gasteiger partial charge in [0, 0.05) is 0 Å². The minimum absolute atomic E-state index is 0.884. The van der Waals surface area contributed by atoms with E-state index >= 15 is 0 Å². The molecular weight excluding hydrogens is 420 g/mol. The summed E-state index contributed by atoms with van der Waals surface area (Å²) in [5.74, 6) is 4.49. The summed E-state index contributed by atoms with van der Waals surface area (Å²) in [7, 11) is 0. The molecule has 0 heterocycles. The van der Waals surface area contributed by atoms with Gasteiger partial charge in [0.2, 0.25) is 0 Å². The van der Waals surface area contributed by atoms with Crippen LogP contribution in [-0.4, -0.2) is 0 Å². The second-order valence-corrected chi connectivity index (χ2v) is 12.7. The van der Waals surface area contributed by atoms with Gasteiger partial charge in [-0.3, -0.25) is 0 Å². The van der Waals surface area contributed by atoms with Crippen LogP contribution in [0.25, 0.3) is 0 Å². The van der Waals surface area contributed by atoms with Crippen molar-refractivity contribution in [2.45, 2.75) is 200 Å². The van der Waals surface area contributed by atoms with E-state index in [0.29, 0.717) is 0 Å². The summed E-state index contributed by atoms with van der Waals surface area (Å²) >= 11 is 0. The molecule has 0 aromatic heterocycles. The predicted octanol–water partition coefficient (Wildman–Crippen LogP) is 14.2. The molecule has 0 aromatic carbocycles. The summed E-state index contributed by atoms with van der Waals surface area (Å²) in [5, 5.41) is 0. The van der Waals surface area contributed by atoms with E-state index in [-0.39, 0.29) is 0 Å². The summed E-state index contributed by atoms with van der Waals surface area (Å²) in [6, 6.07) is 0. The van der Waals surface area contributed by atoms with Gasteiger partial charge >= 0.3 is 0 Å². The Bertz CT molecular complexity index is 284. The highest BCUT2D eigenvalue weighted by Crippen LogP contribution is 2.09. The highest BCUT2D eigenvalue weighted by Gasteiger charge is 1.92. The smallest absolute Gasteiger partial charge is 0.0471 e. The third kappa shape index (κ3) is 87.0. The zero-order chi connectivity index (χ0) is 28.5. The molecule has 0 aliphatic rings. The van der Waals surface area contributed by atoms with Gasteiger partial charge < -0.3 is 0 Å². The number of hydrogen-bond acceptors (Lipinski definition) is 0. The standard InChI is InChI=1S/C9H20.C8H18.C7H16.C6H14.C5H12/c1-4-5-6-7-8-9(2)3;1-4-5-6-7-8(2)3;1-4-5-6-7(2)3;1-4-5-6(2)3;1-4-5(2)3/h9H,4-8H2,1-3H3;8H,4-7H2,1-3H3;7H,4-6H2,1-3H3;6H,4-5H2,1-3H3;5H,4H2,1-3H3. The van der Waals surface area contributed by atoms with Gasteiger partial charge in [-0.2, -0.15) is 0 Å². The first-order valence-corrected chi connectivity index (χ1v) is 16.4. The molecule has 0 fully saturated rings. The van der Waals surface area contributed by atoms with Crippen molar-refractivity contribution in [2.75, 3.05) is 0 Å². The molecule has 0 rings (SSSR count). The highest BCUT2D eigenvalue weighted by molar-refractivity contribution is 4.46. The van der Waals surface area contributed by atoms with Crippen LogP contribution < -0.4 is 0 Å². The fourth-order valence-corrected chi connectivity index (χ4v) is 2.97. The summed E-state index contributed by atoms with van der Waals surface area (Å²) in [5.41, 5.74) is 0. The van der Waals surface area contributed by atoms with Crippen molar-refractivity contribution in [3.8, 4) is 0 Å². The summed E-state index contributed by atoms with van der Waals surface area (Å²) in [4.78, 5) is 0. The van der Waals surface area contributed by atoms with Gasteiger partial charge in [-0.05, 0) is 29.6 Å². The average Bonchev–Trinajstić information content (AvgIpc) is 2.77. The zero-order valence-corrected chi connectivity index (χ0v) is 28.5. The molecule has 0 heteroatoms. The van der Waals surface area contributed by atoms with Crippen LogP contribution in [-0.2, 0) is 0 Å². The van der Waals surface area contributed by atoms with Gasteiger partial charge in [0.1, 0.15) is 0 Å². The van der Waals surface area contributed by atoms with Crippen molar-refractivity contribution >= 4 is 0 Å². The van der Waals surface area contributed by atoms with Gasteiger partial charge in [0.25, 0.3) is 0 Å². The van der Waals surface area contributed by atoms with Gasteiger partial charge in [-0.15, -0.1) is 0 Å². The second-order valence-electron chi connectivity index (χ2n) is 12.7. The first kappa shape index (κ1) is 45.0. The average molecular weight is 501 g/mol. The van der Waals surface area contributed by atoms with Crippen LogP contribution in [0.5, 0.6) is 0 Å². The van der Waals surface area contributed by atoms with Crippen molar-refractivity contribution in [1.82, 2.24) is 0 Å². The largest absolute Gasteiger partial charge is 0.0654 e. The van der Waals surface area contributed by atoms with E-state index in [0.717, 1.165) is 29.6 Å². The zero-order valence-electron chi connectivity index (χ0n) is 28.5. The van der Waals surface area contributed by atoms with Gasteiger partial charge in [0.05, 0.1) is 0 Å². The Morgan fingerprint density at radius 3 is 0.771 bits per heavy atom. The van der Waals surface area contributed by atoms with Crippen molar-refractivity contribution in [3.05, 3.63) is 0 Å². The quantitative estimate of drug-likeness (QED) is 0.196. The van der Waals surface area contributed by atoms with Crippen LogP contribution in [0.1, 0.15) is 200 Å². The predicted molar refractivity (Wildman–Crippen MR) is 172 cm³/mol. The maximum Gasteiger partial charge on any atom is -0.0471 e. The van der Waals surface area contributed by atoms with Crippen molar-refractivity contribution in [1.29, 1.82) is 0 Å². The summed E-state index contributed by atoms with van der Waals surface area (Å²) in [6.07, 6.45) is 20.8. The van der Waals surface area contributed by atoms with Crippen molar-refractivity contribution in [2.24, 2.45) is 29.6 Å². The fraction of sp³-hybridized carbons (Fsp3) is 1.00. The van der Waals surface area contributed by atoms with Crippen LogP contribution in [0.3, 0.4) is 0 Å². The molecule has 0 spiro atoms. The van der Waals surface area contributed by atoms with Crippen LogP contribution in [0, 0.1) is 29.6 Å². The van der Waals surface area contributed by atoms with E-state index < -0.39 is 0 Å². The molecule has 0 aliphatic carbocycles. The lowest BCUT2D eigenvalue weighted by Crippen LogP contribution is -1.86. The molecule has 0 bridgehead atoms. The van der Waals surface area contributed by atoms with E-state index in [1.54, 1.807) is 0 Å². The normalized spacial score (nSPS) is 10.3. The van der Waals surface area contributed by atoms with Crippen LogP contribution >= 0.6 is 0 Å². The van der Waals surface area contributed by atoms with Crippen LogP contribution in [0.15, 0.2) is 0 Å². The first-order valence-electron chi connectivity index (χ1n) is 16.4.